The van der Waals surface area contributed by atoms with Gasteiger partial charge in [-0.1, -0.05) is 23.8 Å². The Morgan fingerprint density at radius 1 is 1.26 bits per heavy atom. The number of carbonyl (C=O) groups excluding carboxylic acids is 3. The molecule has 2 fully saturated rings. The van der Waals surface area contributed by atoms with Gasteiger partial charge in [-0.3, -0.25) is 14.4 Å². The second kappa shape index (κ2) is 6.02. The lowest BCUT2D eigenvalue weighted by Crippen LogP contribution is -2.66. The number of piperazine rings is 2. The number of hydrogen-bond donors (Lipinski definition) is 1. The van der Waals surface area contributed by atoms with Crippen molar-refractivity contribution in [1.29, 1.82) is 0 Å². The van der Waals surface area contributed by atoms with E-state index in [1.807, 2.05) is 32.0 Å². The molecule has 2 heterocycles. The Labute approximate surface area is 135 Å². The van der Waals surface area contributed by atoms with Crippen LogP contribution in [-0.2, 0) is 20.8 Å². The Morgan fingerprint density at radius 2 is 2.04 bits per heavy atom. The highest BCUT2D eigenvalue weighted by atomic mass is 16.2. The molecule has 3 rings (SSSR count). The van der Waals surface area contributed by atoms with Crippen LogP contribution in [0.5, 0.6) is 0 Å². The van der Waals surface area contributed by atoms with E-state index >= 15 is 0 Å². The standard InChI is InChI=1S/C17H21N3O3/c1-11-3-4-12(2)13(7-11)8-15(21)19-5-6-20-14(10-19)17(23)18-9-16(20)22/h3-4,7,14H,5-6,8-10H2,1-2H3,(H,18,23)/t14-/m0/s1. The molecule has 1 aromatic carbocycles. The molecular weight excluding hydrogens is 294 g/mol. The summed E-state index contributed by atoms with van der Waals surface area (Å²) in [5, 5.41) is 2.59. The molecule has 2 aliphatic heterocycles. The van der Waals surface area contributed by atoms with E-state index in [-0.39, 0.29) is 30.8 Å². The lowest BCUT2D eigenvalue weighted by atomic mass is 10.0. The molecule has 0 aromatic heterocycles. The van der Waals surface area contributed by atoms with Crippen LogP contribution >= 0.6 is 0 Å². The Balaban J connectivity index is 1.70. The molecule has 1 atom stereocenters. The van der Waals surface area contributed by atoms with Crippen molar-refractivity contribution in [3.63, 3.8) is 0 Å². The van der Waals surface area contributed by atoms with E-state index in [0.717, 1.165) is 16.7 Å². The molecule has 2 saturated heterocycles. The molecule has 3 amide bonds. The average molecular weight is 315 g/mol. The van der Waals surface area contributed by atoms with Gasteiger partial charge in [0.15, 0.2) is 0 Å². The highest BCUT2D eigenvalue weighted by Crippen LogP contribution is 2.17. The summed E-state index contributed by atoms with van der Waals surface area (Å²) in [6, 6.07) is 5.52. The van der Waals surface area contributed by atoms with Gasteiger partial charge in [0.1, 0.15) is 6.04 Å². The minimum absolute atomic E-state index is 0.00386. The van der Waals surface area contributed by atoms with Gasteiger partial charge in [-0.15, -0.1) is 0 Å². The van der Waals surface area contributed by atoms with Gasteiger partial charge in [-0.2, -0.15) is 0 Å². The SMILES string of the molecule is Cc1ccc(C)c(CC(=O)N2CCN3C(=O)CNC(=O)[C@@H]3C2)c1. The van der Waals surface area contributed by atoms with Gasteiger partial charge >= 0.3 is 0 Å². The molecule has 0 radical (unpaired) electrons. The summed E-state index contributed by atoms with van der Waals surface area (Å²) in [6.45, 7) is 5.25. The molecule has 0 spiro atoms. The van der Waals surface area contributed by atoms with Crippen LogP contribution in [0.1, 0.15) is 16.7 Å². The number of nitrogens with zero attached hydrogens (tertiary/aromatic N) is 2. The van der Waals surface area contributed by atoms with Gasteiger partial charge < -0.3 is 15.1 Å². The third-order valence-electron chi connectivity index (χ3n) is 4.62. The van der Waals surface area contributed by atoms with E-state index in [1.165, 1.54) is 0 Å². The normalized spacial score (nSPS) is 21.0. The fraction of sp³-hybridized carbons (Fsp3) is 0.471. The summed E-state index contributed by atoms with van der Waals surface area (Å²) in [5.41, 5.74) is 3.23. The first-order valence-corrected chi connectivity index (χ1v) is 7.87. The predicted molar refractivity (Wildman–Crippen MR) is 84.7 cm³/mol. The zero-order chi connectivity index (χ0) is 16.6. The van der Waals surface area contributed by atoms with Crippen molar-refractivity contribution in [2.24, 2.45) is 0 Å². The van der Waals surface area contributed by atoms with E-state index < -0.39 is 6.04 Å². The summed E-state index contributed by atoms with van der Waals surface area (Å²) in [7, 11) is 0. The van der Waals surface area contributed by atoms with Gasteiger partial charge in [0.05, 0.1) is 19.5 Å². The number of nitrogens with one attached hydrogen (secondary N) is 1. The monoisotopic (exact) mass is 315 g/mol. The first-order valence-electron chi connectivity index (χ1n) is 7.87. The Morgan fingerprint density at radius 3 is 2.83 bits per heavy atom. The highest BCUT2D eigenvalue weighted by Gasteiger charge is 2.39. The zero-order valence-corrected chi connectivity index (χ0v) is 13.5. The molecule has 2 aliphatic rings. The molecule has 0 saturated carbocycles. The van der Waals surface area contributed by atoms with E-state index in [4.69, 9.17) is 0 Å². The lowest BCUT2D eigenvalue weighted by molar-refractivity contribution is -0.152. The van der Waals surface area contributed by atoms with Crippen LogP contribution in [0.3, 0.4) is 0 Å². The summed E-state index contributed by atoms with van der Waals surface area (Å²) < 4.78 is 0. The minimum atomic E-state index is -0.549. The molecule has 6 heteroatoms. The summed E-state index contributed by atoms with van der Waals surface area (Å²) in [6.07, 6.45) is 0.329. The molecular formula is C17H21N3O3. The minimum Gasteiger partial charge on any atom is -0.345 e. The van der Waals surface area contributed by atoms with Crippen molar-refractivity contribution >= 4 is 17.7 Å². The maximum Gasteiger partial charge on any atom is 0.245 e. The van der Waals surface area contributed by atoms with Gasteiger partial charge in [0.2, 0.25) is 17.7 Å². The van der Waals surface area contributed by atoms with Crippen LogP contribution in [0.25, 0.3) is 0 Å². The summed E-state index contributed by atoms with van der Waals surface area (Å²) in [4.78, 5) is 39.7. The maximum absolute atomic E-state index is 12.6. The van der Waals surface area contributed by atoms with Crippen molar-refractivity contribution in [3.05, 3.63) is 34.9 Å². The van der Waals surface area contributed by atoms with Crippen LogP contribution in [0.15, 0.2) is 18.2 Å². The highest BCUT2D eigenvalue weighted by molar-refractivity contribution is 5.95. The molecule has 0 aliphatic carbocycles. The zero-order valence-electron chi connectivity index (χ0n) is 13.5. The maximum atomic E-state index is 12.6. The number of benzene rings is 1. The predicted octanol–water partition coefficient (Wildman–Crippen LogP) is 0.0151. The summed E-state index contributed by atoms with van der Waals surface area (Å²) in [5.74, 6) is -0.241. The summed E-state index contributed by atoms with van der Waals surface area (Å²) >= 11 is 0. The van der Waals surface area contributed by atoms with Crippen molar-refractivity contribution in [1.82, 2.24) is 15.1 Å². The second-order valence-electron chi connectivity index (χ2n) is 6.27. The second-order valence-corrected chi connectivity index (χ2v) is 6.27. The first kappa shape index (κ1) is 15.5. The van der Waals surface area contributed by atoms with Crippen LogP contribution < -0.4 is 5.32 Å². The van der Waals surface area contributed by atoms with E-state index in [0.29, 0.717) is 19.5 Å². The number of carbonyl (C=O) groups is 3. The van der Waals surface area contributed by atoms with Crippen molar-refractivity contribution in [2.45, 2.75) is 26.3 Å². The Bertz CT molecular complexity index is 671. The van der Waals surface area contributed by atoms with Crippen LogP contribution in [0.4, 0.5) is 0 Å². The third kappa shape index (κ3) is 3.06. The Hall–Kier alpha value is -2.37. The van der Waals surface area contributed by atoms with Crippen LogP contribution in [0, 0.1) is 13.8 Å². The number of hydrogen-bond acceptors (Lipinski definition) is 3. The largest absolute Gasteiger partial charge is 0.345 e. The fourth-order valence-corrected chi connectivity index (χ4v) is 3.18. The number of aryl methyl sites for hydroxylation is 2. The van der Waals surface area contributed by atoms with Gasteiger partial charge in [0.25, 0.3) is 0 Å². The van der Waals surface area contributed by atoms with Gasteiger partial charge in [0, 0.05) is 13.1 Å². The molecule has 0 bridgehead atoms. The average Bonchev–Trinajstić information content (AvgIpc) is 2.54. The van der Waals surface area contributed by atoms with Gasteiger partial charge in [-0.25, -0.2) is 0 Å². The van der Waals surface area contributed by atoms with Crippen LogP contribution in [0.2, 0.25) is 0 Å². The topological polar surface area (TPSA) is 69.7 Å². The van der Waals surface area contributed by atoms with Gasteiger partial charge in [-0.05, 0) is 25.0 Å². The third-order valence-corrected chi connectivity index (χ3v) is 4.62. The van der Waals surface area contributed by atoms with E-state index in [9.17, 15) is 14.4 Å². The van der Waals surface area contributed by atoms with E-state index in [2.05, 4.69) is 5.32 Å². The fourth-order valence-electron chi connectivity index (χ4n) is 3.18. The molecule has 1 aromatic rings. The number of rotatable bonds is 2. The van der Waals surface area contributed by atoms with Crippen molar-refractivity contribution in [3.8, 4) is 0 Å². The smallest absolute Gasteiger partial charge is 0.245 e. The van der Waals surface area contributed by atoms with Crippen LogP contribution in [-0.4, -0.2) is 59.7 Å². The van der Waals surface area contributed by atoms with Crippen molar-refractivity contribution < 1.29 is 14.4 Å². The molecule has 1 N–H and O–H groups in total. The molecule has 23 heavy (non-hydrogen) atoms. The number of amides is 3. The molecule has 6 nitrogen and oxygen atoms in total. The molecule has 0 unspecified atom stereocenters. The quantitative estimate of drug-likeness (QED) is 0.836. The van der Waals surface area contributed by atoms with E-state index in [1.54, 1.807) is 9.80 Å². The first-order chi connectivity index (χ1) is 11.0. The Kier molecular flexibility index (Phi) is 4.07. The number of fused-ring (bicyclic) bond motifs is 1. The lowest BCUT2D eigenvalue weighted by Gasteiger charge is -2.43. The van der Waals surface area contributed by atoms with Crippen molar-refractivity contribution in [2.75, 3.05) is 26.2 Å². The molecule has 122 valence electrons.